The monoisotopic (exact) mass is 251 g/mol. The molecule has 3 aliphatic rings. The Kier molecular flexibility index (Phi) is 3.60. The molecule has 0 aromatic rings. The third-order valence-corrected chi connectivity index (χ3v) is 5.06. The van der Waals surface area contributed by atoms with Gasteiger partial charge in [-0.2, -0.15) is 0 Å². The van der Waals surface area contributed by atoms with Gasteiger partial charge in [0.25, 0.3) is 0 Å². The highest BCUT2D eigenvalue weighted by Crippen LogP contribution is 2.48. The molecule has 0 aromatic carbocycles. The molecule has 0 unspecified atom stereocenters. The Morgan fingerprint density at radius 1 is 1.17 bits per heavy atom. The van der Waals surface area contributed by atoms with Crippen molar-refractivity contribution < 1.29 is 9.53 Å². The van der Waals surface area contributed by atoms with E-state index >= 15 is 0 Å². The van der Waals surface area contributed by atoms with Gasteiger partial charge in [-0.15, -0.1) is 0 Å². The quantitative estimate of drug-likeness (QED) is 0.834. The topological polar surface area (TPSA) is 38.3 Å². The number of nitrogens with one attached hydrogen (secondary N) is 1. The molecule has 1 heterocycles. The van der Waals surface area contributed by atoms with E-state index in [1.807, 2.05) is 0 Å². The Hall–Kier alpha value is -0.570. The van der Waals surface area contributed by atoms with Crippen LogP contribution in [-0.2, 0) is 9.53 Å². The molecule has 1 atom stereocenters. The minimum atomic E-state index is 0.205. The summed E-state index contributed by atoms with van der Waals surface area (Å²) >= 11 is 0. The third kappa shape index (κ3) is 2.71. The zero-order valence-corrected chi connectivity index (χ0v) is 11.2. The van der Waals surface area contributed by atoms with Crippen LogP contribution in [0.5, 0.6) is 0 Å². The second-order valence-electron chi connectivity index (χ2n) is 6.47. The normalized spacial score (nSPS) is 31.2. The van der Waals surface area contributed by atoms with Crippen molar-refractivity contribution in [3.8, 4) is 0 Å². The highest BCUT2D eigenvalue weighted by Gasteiger charge is 2.50. The Morgan fingerprint density at radius 2 is 1.94 bits per heavy atom. The van der Waals surface area contributed by atoms with Crippen LogP contribution in [0.25, 0.3) is 0 Å². The predicted octanol–water partition coefficient (Wildman–Crippen LogP) is 2.64. The van der Waals surface area contributed by atoms with Gasteiger partial charge < -0.3 is 10.1 Å². The van der Waals surface area contributed by atoms with E-state index in [9.17, 15) is 4.79 Å². The SMILES string of the molecule is O=C(C[C@@H]1CCOC1)NC1(C2CCCCC2)CC1. The molecule has 2 aliphatic carbocycles. The molecule has 0 aromatic heterocycles. The lowest BCUT2D eigenvalue weighted by Gasteiger charge is -2.31. The Morgan fingerprint density at radius 3 is 2.56 bits per heavy atom. The summed E-state index contributed by atoms with van der Waals surface area (Å²) in [4.78, 5) is 12.1. The average Bonchev–Trinajstić information content (AvgIpc) is 2.98. The number of hydrogen-bond donors (Lipinski definition) is 1. The van der Waals surface area contributed by atoms with Gasteiger partial charge in [0.1, 0.15) is 0 Å². The van der Waals surface area contributed by atoms with Gasteiger partial charge in [0.2, 0.25) is 5.91 Å². The highest BCUT2D eigenvalue weighted by molar-refractivity contribution is 5.77. The van der Waals surface area contributed by atoms with E-state index in [1.165, 1.54) is 44.9 Å². The maximum atomic E-state index is 12.1. The number of carbonyl (C=O) groups is 1. The lowest BCUT2D eigenvalue weighted by molar-refractivity contribution is -0.123. The van der Waals surface area contributed by atoms with Crippen LogP contribution in [0.15, 0.2) is 0 Å². The molecule has 102 valence electrons. The van der Waals surface area contributed by atoms with Gasteiger partial charge in [-0.25, -0.2) is 0 Å². The van der Waals surface area contributed by atoms with Crippen molar-refractivity contribution >= 4 is 5.91 Å². The van der Waals surface area contributed by atoms with E-state index in [1.54, 1.807) is 0 Å². The molecule has 3 fully saturated rings. The van der Waals surface area contributed by atoms with Crippen LogP contribution in [0.1, 0.15) is 57.8 Å². The van der Waals surface area contributed by atoms with Crippen molar-refractivity contribution in [2.75, 3.05) is 13.2 Å². The Labute approximate surface area is 110 Å². The highest BCUT2D eigenvalue weighted by atomic mass is 16.5. The molecule has 1 aliphatic heterocycles. The first kappa shape index (κ1) is 12.5. The molecule has 1 N–H and O–H groups in total. The van der Waals surface area contributed by atoms with Crippen LogP contribution in [0.2, 0.25) is 0 Å². The van der Waals surface area contributed by atoms with E-state index in [0.717, 1.165) is 25.6 Å². The van der Waals surface area contributed by atoms with E-state index in [-0.39, 0.29) is 11.4 Å². The van der Waals surface area contributed by atoms with Crippen LogP contribution in [0, 0.1) is 11.8 Å². The van der Waals surface area contributed by atoms with Gasteiger partial charge in [-0.1, -0.05) is 19.3 Å². The molecule has 3 heteroatoms. The molecule has 0 radical (unpaired) electrons. The van der Waals surface area contributed by atoms with Gasteiger partial charge in [0.15, 0.2) is 0 Å². The van der Waals surface area contributed by atoms with Crippen molar-refractivity contribution in [3.05, 3.63) is 0 Å². The average molecular weight is 251 g/mol. The van der Waals surface area contributed by atoms with Crippen LogP contribution in [0.4, 0.5) is 0 Å². The second kappa shape index (κ2) is 5.20. The molecule has 2 saturated carbocycles. The number of rotatable bonds is 4. The van der Waals surface area contributed by atoms with Gasteiger partial charge in [-0.05, 0) is 43.9 Å². The first-order valence-corrected chi connectivity index (χ1v) is 7.67. The first-order chi connectivity index (χ1) is 8.78. The third-order valence-electron chi connectivity index (χ3n) is 5.06. The lowest BCUT2D eigenvalue weighted by atomic mass is 9.82. The Bertz CT molecular complexity index is 300. The number of ether oxygens (including phenoxy) is 1. The Balaban J connectivity index is 1.49. The summed E-state index contributed by atoms with van der Waals surface area (Å²) < 4.78 is 5.34. The zero-order valence-electron chi connectivity index (χ0n) is 11.2. The number of amides is 1. The maximum Gasteiger partial charge on any atom is 0.220 e. The molecule has 1 saturated heterocycles. The standard InChI is InChI=1S/C15H25NO2/c17-14(10-12-6-9-18-11-12)16-15(7-8-15)13-4-2-1-3-5-13/h12-13H,1-11H2,(H,16,17)/t12-/m0/s1. The van der Waals surface area contributed by atoms with Crippen molar-refractivity contribution in [1.29, 1.82) is 0 Å². The van der Waals surface area contributed by atoms with E-state index in [4.69, 9.17) is 4.74 Å². The molecule has 3 nitrogen and oxygen atoms in total. The van der Waals surface area contributed by atoms with Crippen LogP contribution >= 0.6 is 0 Å². The predicted molar refractivity (Wildman–Crippen MR) is 70.2 cm³/mol. The number of hydrogen-bond acceptors (Lipinski definition) is 2. The van der Waals surface area contributed by atoms with Gasteiger partial charge in [0, 0.05) is 25.2 Å². The van der Waals surface area contributed by atoms with Crippen LogP contribution < -0.4 is 5.32 Å². The summed E-state index contributed by atoms with van der Waals surface area (Å²) in [6.07, 6.45) is 10.9. The fourth-order valence-electron chi connectivity index (χ4n) is 3.76. The van der Waals surface area contributed by atoms with Crippen molar-refractivity contribution in [2.45, 2.75) is 63.3 Å². The molecule has 0 spiro atoms. The largest absolute Gasteiger partial charge is 0.381 e. The van der Waals surface area contributed by atoms with Crippen LogP contribution in [0.3, 0.4) is 0 Å². The molecule has 3 rings (SSSR count). The van der Waals surface area contributed by atoms with E-state index in [0.29, 0.717) is 12.3 Å². The number of carbonyl (C=O) groups excluding carboxylic acids is 1. The summed E-state index contributed by atoms with van der Waals surface area (Å²) in [5, 5.41) is 3.37. The minimum Gasteiger partial charge on any atom is -0.381 e. The first-order valence-electron chi connectivity index (χ1n) is 7.67. The summed E-state index contributed by atoms with van der Waals surface area (Å²) in [5.74, 6) is 1.50. The molecule has 0 bridgehead atoms. The fourth-order valence-corrected chi connectivity index (χ4v) is 3.76. The van der Waals surface area contributed by atoms with Crippen LogP contribution in [-0.4, -0.2) is 24.7 Å². The molecular weight excluding hydrogens is 226 g/mol. The van der Waals surface area contributed by atoms with E-state index in [2.05, 4.69) is 5.32 Å². The summed E-state index contributed by atoms with van der Waals surface area (Å²) in [6.45, 7) is 1.62. The maximum absolute atomic E-state index is 12.1. The van der Waals surface area contributed by atoms with Crippen molar-refractivity contribution in [1.82, 2.24) is 5.32 Å². The lowest BCUT2D eigenvalue weighted by Crippen LogP contribution is -2.43. The fraction of sp³-hybridized carbons (Fsp3) is 0.933. The van der Waals surface area contributed by atoms with Gasteiger partial charge in [-0.3, -0.25) is 4.79 Å². The van der Waals surface area contributed by atoms with Crippen molar-refractivity contribution in [2.24, 2.45) is 11.8 Å². The minimum absolute atomic E-state index is 0.205. The van der Waals surface area contributed by atoms with E-state index < -0.39 is 0 Å². The smallest absolute Gasteiger partial charge is 0.220 e. The second-order valence-corrected chi connectivity index (χ2v) is 6.47. The summed E-state index contributed by atoms with van der Waals surface area (Å²) in [6, 6.07) is 0. The molecular formula is C15H25NO2. The zero-order chi connectivity index (χ0) is 12.4. The van der Waals surface area contributed by atoms with Gasteiger partial charge in [0.05, 0.1) is 0 Å². The van der Waals surface area contributed by atoms with Gasteiger partial charge >= 0.3 is 0 Å². The molecule has 1 amide bonds. The summed E-state index contributed by atoms with van der Waals surface area (Å²) in [7, 11) is 0. The molecule has 18 heavy (non-hydrogen) atoms. The van der Waals surface area contributed by atoms with Crippen molar-refractivity contribution in [3.63, 3.8) is 0 Å². The summed E-state index contributed by atoms with van der Waals surface area (Å²) in [5.41, 5.74) is 0.205.